The van der Waals surface area contributed by atoms with Crippen LogP contribution in [0.5, 0.6) is 0 Å². The zero-order valence-corrected chi connectivity index (χ0v) is 13.8. The van der Waals surface area contributed by atoms with E-state index in [9.17, 15) is 8.42 Å². The van der Waals surface area contributed by atoms with Crippen LogP contribution in [0.4, 0.5) is 0 Å². The molecule has 0 radical (unpaired) electrons. The van der Waals surface area contributed by atoms with Crippen molar-refractivity contribution in [3.8, 4) is 0 Å². The predicted octanol–water partition coefficient (Wildman–Crippen LogP) is 1.48. The highest BCUT2D eigenvalue weighted by Crippen LogP contribution is 2.35. The number of likely N-dealkylation sites (N-methyl/N-ethyl adjacent to an activating group) is 1. The lowest BCUT2D eigenvalue weighted by Crippen LogP contribution is -2.55. The van der Waals surface area contributed by atoms with E-state index in [4.69, 9.17) is 5.73 Å². The summed E-state index contributed by atoms with van der Waals surface area (Å²) in [6.45, 7) is 2.70. The van der Waals surface area contributed by atoms with Gasteiger partial charge in [0.2, 0.25) is 10.0 Å². The molecular weight excluding hydrogens is 288 g/mol. The van der Waals surface area contributed by atoms with Gasteiger partial charge in [-0.1, -0.05) is 32.6 Å². The molecule has 1 aromatic rings. The van der Waals surface area contributed by atoms with Gasteiger partial charge in [0.25, 0.3) is 0 Å². The first-order valence-corrected chi connectivity index (χ1v) is 9.12. The summed E-state index contributed by atoms with van der Waals surface area (Å²) >= 11 is 0. The number of hydrogen-bond acceptors (Lipinski definition) is 4. The van der Waals surface area contributed by atoms with Crippen molar-refractivity contribution in [2.45, 2.75) is 55.9 Å². The highest BCUT2D eigenvalue weighted by Gasteiger charge is 2.42. The van der Waals surface area contributed by atoms with Gasteiger partial charge in [0, 0.05) is 31.9 Å². The Hall–Kier alpha value is -0.920. The van der Waals surface area contributed by atoms with Crippen molar-refractivity contribution in [1.82, 2.24) is 14.1 Å². The van der Waals surface area contributed by atoms with E-state index < -0.39 is 15.6 Å². The Kier molecular flexibility index (Phi) is 5.06. The molecule has 1 aromatic heterocycles. The van der Waals surface area contributed by atoms with Crippen LogP contribution in [-0.4, -0.2) is 41.1 Å². The first kappa shape index (κ1) is 16.5. The molecule has 1 heterocycles. The van der Waals surface area contributed by atoms with E-state index in [1.807, 2.05) is 6.92 Å². The van der Waals surface area contributed by atoms with E-state index in [2.05, 4.69) is 5.10 Å². The maximum Gasteiger partial charge on any atom is 0.246 e. The van der Waals surface area contributed by atoms with Crippen molar-refractivity contribution in [3.63, 3.8) is 0 Å². The number of rotatable bonds is 5. The molecule has 1 aliphatic carbocycles. The molecular formula is C14H26N4O2S. The predicted molar refractivity (Wildman–Crippen MR) is 82.3 cm³/mol. The minimum Gasteiger partial charge on any atom is -0.329 e. The van der Waals surface area contributed by atoms with Crippen LogP contribution in [0.1, 0.15) is 45.4 Å². The van der Waals surface area contributed by atoms with Crippen LogP contribution in [0.2, 0.25) is 0 Å². The quantitative estimate of drug-likeness (QED) is 0.835. The van der Waals surface area contributed by atoms with Crippen LogP contribution in [0.3, 0.4) is 0 Å². The van der Waals surface area contributed by atoms with Crippen LogP contribution in [0.25, 0.3) is 0 Å². The Balaban J connectivity index is 2.40. The molecule has 0 bridgehead atoms. The van der Waals surface area contributed by atoms with Crippen molar-refractivity contribution >= 4 is 10.0 Å². The Morgan fingerprint density at radius 2 is 1.95 bits per heavy atom. The lowest BCUT2D eigenvalue weighted by atomic mass is 9.90. The molecule has 2 N–H and O–H groups in total. The lowest BCUT2D eigenvalue weighted by molar-refractivity contribution is 0.174. The van der Waals surface area contributed by atoms with Crippen LogP contribution in [0.15, 0.2) is 17.3 Å². The molecule has 0 aromatic carbocycles. The molecule has 1 saturated carbocycles. The highest BCUT2D eigenvalue weighted by atomic mass is 32.2. The molecule has 7 heteroatoms. The second kappa shape index (κ2) is 6.46. The molecule has 1 aliphatic rings. The van der Waals surface area contributed by atoms with Crippen molar-refractivity contribution in [1.29, 1.82) is 0 Å². The molecule has 120 valence electrons. The molecule has 6 nitrogen and oxygen atoms in total. The molecule has 21 heavy (non-hydrogen) atoms. The summed E-state index contributed by atoms with van der Waals surface area (Å²) in [5.41, 5.74) is 5.59. The van der Waals surface area contributed by atoms with Gasteiger partial charge in [0.05, 0.1) is 6.20 Å². The van der Waals surface area contributed by atoms with E-state index >= 15 is 0 Å². The number of hydrogen-bond donors (Lipinski definition) is 1. The summed E-state index contributed by atoms with van der Waals surface area (Å²) in [6, 6.07) is 0. The normalized spacial score (nSPS) is 19.6. The number of sulfonamides is 1. The minimum absolute atomic E-state index is 0.254. The van der Waals surface area contributed by atoms with Crippen LogP contribution >= 0.6 is 0 Å². The summed E-state index contributed by atoms with van der Waals surface area (Å²) in [7, 11) is -1.82. The molecule has 0 saturated heterocycles. The SMILES string of the molecule is CCN(C1(CN)CCCCCC1)S(=O)(=O)c1cnn(C)c1. The Labute approximate surface area is 127 Å². The Bertz CT molecular complexity index is 559. The van der Waals surface area contributed by atoms with Crippen molar-refractivity contribution < 1.29 is 8.42 Å². The van der Waals surface area contributed by atoms with Gasteiger partial charge in [-0.2, -0.15) is 9.40 Å². The van der Waals surface area contributed by atoms with Crippen molar-refractivity contribution in [2.24, 2.45) is 12.8 Å². The second-order valence-corrected chi connectivity index (χ2v) is 7.72. The van der Waals surface area contributed by atoms with Gasteiger partial charge in [-0.3, -0.25) is 4.68 Å². The fourth-order valence-electron chi connectivity index (χ4n) is 3.36. The monoisotopic (exact) mass is 314 g/mol. The van der Waals surface area contributed by atoms with E-state index in [-0.39, 0.29) is 4.90 Å². The van der Waals surface area contributed by atoms with Crippen molar-refractivity contribution in [3.05, 3.63) is 12.4 Å². The number of aromatic nitrogens is 2. The molecule has 0 spiro atoms. The number of nitrogens with two attached hydrogens (primary N) is 1. The van der Waals surface area contributed by atoms with Crippen LogP contribution < -0.4 is 5.73 Å². The van der Waals surface area contributed by atoms with Gasteiger partial charge in [0.15, 0.2) is 0 Å². The van der Waals surface area contributed by atoms with Crippen LogP contribution in [0, 0.1) is 0 Å². The molecule has 0 unspecified atom stereocenters. The Morgan fingerprint density at radius 3 is 2.38 bits per heavy atom. The van der Waals surface area contributed by atoms with Gasteiger partial charge >= 0.3 is 0 Å². The van der Waals surface area contributed by atoms with E-state index in [0.717, 1.165) is 38.5 Å². The largest absolute Gasteiger partial charge is 0.329 e. The summed E-state index contributed by atoms with van der Waals surface area (Å²) in [5.74, 6) is 0. The summed E-state index contributed by atoms with van der Waals surface area (Å²) < 4.78 is 29.1. The second-order valence-electron chi connectivity index (χ2n) is 5.86. The first-order chi connectivity index (χ1) is 9.96. The zero-order chi connectivity index (χ0) is 15.5. The third kappa shape index (κ3) is 3.14. The average molecular weight is 314 g/mol. The lowest BCUT2D eigenvalue weighted by Gasteiger charge is -2.41. The smallest absolute Gasteiger partial charge is 0.246 e. The average Bonchev–Trinajstić information content (AvgIpc) is 2.76. The molecule has 0 atom stereocenters. The third-order valence-electron chi connectivity index (χ3n) is 4.50. The number of aryl methyl sites for hydroxylation is 1. The maximum atomic E-state index is 13.0. The van der Waals surface area contributed by atoms with Gasteiger partial charge in [-0.05, 0) is 12.8 Å². The van der Waals surface area contributed by atoms with Gasteiger partial charge in [-0.15, -0.1) is 0 Å². The fourth-order valence-corrected chi connectivity index (χ4v) is 5.19. The molecule has 0 amide bonds. The fraction of sp³-hybridized carbons (Fsp3) is 0.786. The standard InChI is InChI=1S/C14H26N4O2S/c1-3-18(14(12-15)8-6-4-5-7-9-14)21(19,20)13-10-16-17(2)11-13/h10-11H,3-9,12,15H2,1-2H3. The molecule has 0 aliphatic heterocycles. The van der Waals surface area contributed by atoms with E-state index in [1.54, 1.807) is 17.5 Å². The summed E-state index contributed by atoms with van der Waals surface area (Å²) in [6.07, 6.45) is 9.05. The minimum atomic E-state index is -3.55. The topological polar surface area (TPSA) is 81.2 Å². The van der Waals surface area contributed by atoms with E-state index in [0.29, 0.717) is 13.1 Å². The van der Waals surface area contributed by atoms with Gasteiger partial charge in [0.1, 0.15) is 4.90 Å². The van der Waals surface area contributed by atoms with Crippen LogP contribution in [-0.2, 0) is 17.1 Å². The molecule has 1 fully saturated rings. The van der Waals surface area contributed by atoms with Crippen molar-refractivity contribution in [2.75, 3.05) is 13.1 Å². The van der Waals surface area contributed by atoms with Gasteiger partial charge < -0.3 is 5.73 Å². The van der Waals surface area contributed by atoms with Gasteiger partial charge in [-0.25, -0.2) is 8.42 Å². The zero-order valence-electron chi connectivity index (χ0n) is 13.0. The van der Waals surface area contributed by atoms with E-state index in [1.165, 1.54) is 10.9 Å². The molecule has 2 rings (SSSR count). The maximum absolute atomic E-state index is 13.0. The Morgan fingerprint density at radius 1 is 1.33 bits per heavy atom. The summed E-state index contributed by atoms with van der Waals surface area (Å²) in [4.78, 5) is 0.254. The first-order valence-electron chi connectivity index (χ1n) is 7.68. The number of nitrogens with zero attached hydrogens (tertiary/aromatic N) is 3. The third-order valence-corrected chi connectivity index (χ3v) is 6.53. The highest BCUT2D eigenvalue weighted by molar-refractivity contribution is 7.89. The summed E-state index contributed by atoms with van der Waals surface area (Å²) in [5, 5.41) is 3.99.